The molecular formula is C13H17N3O3S. The molecule has 0 saturated heterocycles. The molecule has 0 atom stereocenters. The number of nitrogens with two attached hydrogens (primary N) is 1. The van der Waals surface area contributed by atoms with Gasteiger partial charge in [0.25, 0.3) is 0 Å². The number of anilines is 2. The van der Waals surface area contributed by atoms with E-state index in [4.69, 9.17) is 10.2 Å². The lowest BCUT2D eigenvalue weighted by Crippen LogP contribution is -2.22. The van der Waals surface area contributed by atoms with Crippen molar-refractivity contribution >= 4 is 21.4 Å². The fourth-order valence-electron chi connectivity index (χ4n) is 1.66. The van der Waals surface area contributed by atoms with Crippen LogP contribution in [0.4, 0.5) is 11.4 Å². The number of nitrogens with one attached hydrogen (secondary N) is 1. The first-order valence-corrected chi connectivity index (χ1v) is 7.43. The van der Waals surface area contributed by atoms with Gasteiger partial charge >= 0.3 is 0 Å². The van der Waals surface area contributed by atoms with Crippen LogP contribution in [0, 0.1) is 0 Å². The van der Waals surface area contributed by atoms with Gasteiger partial charge in [0.2, 0.25) is 10.0 Å². The van der Waals surface area contributed by atoms with Crippen molar-refractivity contribution in [2.45, 2.75) is 11.4 Å². The third-order valence-electron chi connectivity index (χ3n) is 2.84. The van der Waals surface area contributed by atoms with Crippen LogP contribution in [0.15, 0.2) is 45.9 Å². The van der Waals surface area contributed by atoms with E-state index in [0.717, 1.165) is 10.1 Å². The summed E-state index contributed by atoms with van der Waals surface area (Å²) in [4.78, 5) is 0.193. The van der Waals surface area contributed by atoms with E-state index >= 15 is 0 Å². The maximum absolute atomic E-state index is 12.1. The molecular weight excluding hydrogens is 278 g/mol. The van der Waals surface area contributed by atoms with Gasteiger partial charge in [-0.3, -0.25) is 0 Å². The topological polar surface area (TPSA) is 88.6 Å². The van der Waals surface area contributed by atoms with Crippen LogP contribution in [-0.2, 0) is 16.6 Å². The van der Waals surface area contributed by atoms with E-state index in [1.165, 1.54) is 26.2 Å². The SMILES string of the molecule is CN(C)S(=O)(=O)c1ccc(N)c(NCc2ccco2)c1. The predicted molar refractivity (Wildman–Crippen MR) is 77.8 cm³/mol. The number of rotatable bonds is 5. The highest BCUT2D eigenvalue weighted by Gasteiger charge is 2.18. The molecule has 3 N–H and O–H groups in total. The van der Waals surface area contributed by atoms with Gasteiger partial charge < -0.3 is 15.5 Å². The Labute approximate surface area is 118 Å². The van der Waals surface area contributed by atoms with Gasteiger partial charge in [0.15, 0.2) is 0 Å². The summed E-state index contributed by atoms with van der Waals surface area (Å²) in [6.45, 7) is 0.433. The van der Waals surface area contributed by atoms with Gasteiger partial charge in [-0.15, -0.1) is 0 Å². The van der Waals surface area contributed by atoms with Gasteiger partial charge in [0.1, 0.15) is 5.76 Å². The number of nitrogen functional groups attached to an aromatic ring is 1. The van der Waals surface area contributed by atoms with Crippen LogP contribution in [0.5, 0.6) is 0 Å². The van der Waals surface area contributed by atoms with Crippen LogP contribution >= 0.6 is 0 Å². The van der Waals surface area contributed by atoms with Crippen LogP contribution in [0.1, 0.15) is 5.76 Å². The second-order valence-electron chi connectivity index (χ2n) is 4.47. The molecule has 0 saturated carbocycles. The lowest BCUT2D eigenvalue weighted by atomic mass is 10.2. The summed E-state index contributed by atoms with van der Waals surface area (Å²) in [5.41, 5.74) is 6.89. The van der Waals surface area contributed by atoms with Gasteiger partial charge in [0, 0.05) is 14.1 Å². The first kappa shape index (κ1) is 14.4. The Balaban J connectivity index is 2.25. The summed E-state index contributed by atoms with van der Waals surface area (Å²) in [6.07, 6.45) is 1.58. The molecule has 0 spiro atoms. The average molecular weight is 295 g/mol. The lowest BCUT2D eigenvalue weighted by Gasteiger charge is -2.14. The van der Waals surface area contributed by atoms with Gasteiger partial charge in [0.05, 0.1) is 29.1 Å². The summed E-state index contributed by atoms with van der Waals surface area (Å²) in [6, 6.07) is 8.19. The van der Waals surface area contributed by atoms with E-state index in [1.54, 1.807) is 18.4 Å². The fourth-order valence-corrected chi connectivity index (χ4v) is 2.58. The molecule has 0 amide bonds. The molecule has 2 aromatic rings. The van der Waals surface area contributed by atoms with Gasteiger partial charge in [-0.2, -0.15) is 0 Å². The second-order valence-corrected chi connectivity index (χ2v) is 6.62. The third-order valence-corrected chi connectivity index (χ3v) is 4.65. The maximum atomic E-state index is 12.1. The Morgan fingerprint density at radius 2 is 2.05 bits per heavy atom. The van der Waals surface area contributed by atoms with Gasteiger partial charge in [-0.25, -0.2) is 12.7 Å². The highest BCUT2D eigenvalue weighted by molar-refractivity contribution is 7.89. The van der Waals surface area contributed by atoms with E-state index in [-0.39, 0.29) is 4.90 Å². The lowest BCUT2D eigenvalue weighted by molar-refractivity contribution is 0.518. The number of sulfonamides is 1. The van der Waals surface area contributed by atoms with Crippen molar-refractivity contribution in [2.24, 2.45) is 0 Å². The Morgan fingerprint density at radius 3 is 2.65 bits per heavy atom. The zero-order valence-electron chi connectivity index (χ0n) is 11.3. The molecule has 1 aromatic carbocycles. The Bertz CT molecular complexity index is 679. The number of hydrogen-bond acceptors (Lipinski definition) is 5. The molecule has 0 aliphatic rings. The molecule has 0 unspecified atom stereocenters. The number of hydrogen-bond donors (Lipinski definition) is 2. The van der Waals surface area contributed by atoms with Crippen LogP contribution < -0.4 is 11.1 Å². The average Bonchev–Trinajstić information content (AvgIpc) is 2.90. The molecule has 20 heavy (non-hydrogen) atoms. The molecule has 108 valence electrons. The van der Waals surface area contributed by atoms with Crippen molar-refractivity contribution < 1.29 is 12.8 Å². The predicted octanol–water partition coefficient (Wildman–Crippen LogP) is 1.72. The highest BCUT2D eigenvalue weighted by Crippen LogP contribution is 2.24. The van der Waals surface area contributed by atoms with Crippen molar-refractivity contribution in [3.8, 4) is 0 Å². The monoisotopic (exact) mass is 295 g/mol. The third kappa shape index (κ3) is 2.94. The van der Waals surface area contributed by atoms with Crippen LogP contribution in [0.2, 0.25) is 0 Å². The fraction of sp³-hybridized carbons (Fsp3) is 0.231. The second kappa shape index (κ2) is 5.56. The smallest absolute Gasteiger partial charge is 0.242 e. The maximum Gasteiger partial charge on any atom is 0.242 e. The molecule has 0 fully saturated rings. The van der Waals surface area contributed by atoms with Gasteiger partial charge in [-0.05, 0) is 30.3 Å². The van der Waals surface area contributed by atoms with E-state index < -0.39 is 10.0 Å². The minimum Gasteiger partial charge on any atom is -0.467 e. The molecule has 1 aromatic heterocycles. The molecule has 0 aliphatic heterocycles. The van der Waals surface area contributed by atoms with Crippen molar-refractivity contribution in [3.05, 3.63) is 42.4 Å². The highest BCUT2D eigenvalue weighted by atomic mass is 32.2. The minimum absolute atomic E-state index is 0.193. The minimum atomic E-state index is -3.47. The Hall–Kier alpha value is -1.99. The molecule has 7 heteroatoms. The first-order valence-electron chi connectivity index (χ1n) is 5.99. The number of nitrogens with zero attached hydrogens (tertiary/aromatic N) is 1. The number of benzene rings is 1. The molecule has 0 aliphatic carbocycles. The van der Waals surface area contributed by atoms with Crippen molar-refractivity contribution in [1.82, 2.24) is 4.31 Å². The summed E-state index contributed by atoms with van der Waals surface area (Å²) in [7, 11) is -0.498. The van der Waals surface area contributed by atoms with Crippen LogP contribution in [0.25, 0.3) is 0 Å². The molecule has 0 bridgehead atoms. The van der Waals surface area contributed by atoms with Crippen LogP contribution in [0.3, 0.4) is 0 Å². The zero-order chi connectivity index (χ0) is 14.8. The largest absolute Gasteiger partial charge is 0.467 e. The molecule has 1 heterocycles. The summed E-state index contributed by atoms with van der Waals surface area (Å²) >= 11 is 0. The van der Waals surface area contributed by atoms with Gasteiger partial charge in [-0.1, -0.05) is 0 Å². The quantitative estimate of drug-likeness (QED) is 0.820. The zero-order valence-corrected chi connectivity index (χ0v) is 12.1. The normalized spacial score (nSPS) is 11.8. The Kier molecular flexibility index (Phi) is 4.01. The standard InChI is InChI=1S/C13H17N3O3S/c1-16(2)20(17,18)11-5-6-12(14)13(8-11)15-9-10-4-3-7-19-10/h3-8,15H,9,14H2,1-2H3. The van der Waals surface area contributed by atoms with E-state index in [2.05, 4.69) is 5.32 Å². The van der Waals surface area contributed by atoms with Crippen molar-refractivity contribution in [3.63, 3.8) is 0 Å². The molecule has 2 rings (SSSR count). The van der Waals surface area contributed by atoms with Crippen LogP contribution in [-0.4, -0.2) is 26.8 Å². The molecule has 0 radical (unpaired) electrons. The van der Waals surface area contributed by atoms with E-state index in [9.17, 15) is 8.42 Å². The van der Waals surface area contributed by atoms with Crippen molar-refractivity contribution in [2.75, 3.05) is 25.1 Å². The molecule has 6 nitrogen and oxygen atoms in total. The summed E-state index contributed by atoms with van der Waals surface area (Å²) in [5, 5.41) is 3.07. The first-order chi connectivity index (χ1) is 9.41. The number of furan rings is 1. The van der Waals surface area contributed by atoms with E-state index in [1.807, 2.05) is 6.07 Å². The summed E-state index contributed by atoms with van der Waals surface area (Å²) < 4.78 is 30.5. The van der Waals surface area contributed by atoms with Crippen molar-refractivity contribution in [1.29, 1.82) is 0 Å². The Morgan fingerprint density at radius 1 is 1.30 bits per heavy atom. The summed E-state index contributed by atoms with van der Waals surface area (Å²) in [5.74, 6) is 0.741. The van der Waals surface area contributed by atoms with E-state index in [0.29, 0.717) is 17.9 Å².